The maximum atomic E-state index is 11.5. The molecule has 0 radical (unpaired) electrons. The molecule has 0 amide bonds. The highest BCUT2D eigenvalue weighted by Gasteiger charge is 2.28. The Kier molecular flexibility index (Phi) is 7.34. The van der Waals surface area contributed by atoms with E-state index in [0.29, 0.717) is 12.6 Å². The Morgan fingerprint density at radius 1 is 1.25 bits per heavy atom. The summed E-state index contributed by atoms with van der Waals surface area (Å²) in [5, 5.41) is 0. The van der Waals surface area contributed by atoms with Crippen molar-refractivity contribution in [3.8, 4) is 0 Å². The lowest BCUT2D eigenvalue weighted by molar-refractivity contribution is -0.147. The molecule has 4 nitrogen and oxygen atoms in total. The lowest BCUT2D eigenvalue weighted by atomic mass is 10.0. The van der Waals surface area contributed by atoms with Crippen LogP contribution in [0.5, 0.6) is 0 Å². The molecule has 0 bridgehead atoms. The first-order chi connectivity index (χ1) is 7.49. The molecule has 16 heavy (non-hydrogen) atoms. The maximum absolute atomic E-state index is 11.5. The first-order valence-corrected chi connectivity index (χ1v) is 5.82. The second-order valence-corrected chi connectivity index (χ2v) is 4.19. The number of methoxy groups -OCH3 is 2. The fourth-order valence-corrected chi connectivity index (χ4v) is 2.01. The maximum Gasteiger partial charge on any atom is 0.309 e. The summed E-state index contributed by atoms with van der Waals surface area (Å²) in [6.45, 7) is 9.72. The molecule has 0 saturated heterocycles. The summed E-state index contributed by atoms with van der Waals surface area (Å²) in [6, 6.07) is 0.458. The number of hydrogen-bond donors (Lipinski definition) is 0. The van der Waals surface area contributed by atoms with Crippen LogP contribution in [-0.2, 0) is 14.3 Å². The average Bonchev–Trinajstić information content (AvgIpc) is 2.28. The third-order valence-electron chi connectivity index (χ3n) is 3.16. The van der Waals surface area contributed by atoms with E-state index in [1.165, 1.54) is 7.11 Å². The summed E-state index contributed by atoms with van der Waals surface area (Å²) < 4.78 is 9.92. The van der Waals surface area contributed by atoms with Gasteiger partial charge in [-0.2, -0.15) is 0 Å². The van der Waals surface area contributed by atoms with E-state index in [2.05, 4.69) is 25.7 Å². The van der Waals surface area contributed by atoms with E-state index in [4.69, 9.17) is 9.47 Å². The van der Waals surface area contributed by atoms with Crippen LogP contribution in [0.15, 0.2) is 0 Å². The van der Waals surface area contributed by atoms with Gasteiger partial charge in [-0.25, -0.2) is 0 Å². The number of esters is 1. The Bertz CT molecular complexity index is 208. The first-order valence-electron chi connectivity index (χ1n) is 5.82. The molecule has 0 rings (SSSR count). The van der Waals surface area contributed by atoms with Gasteiger partial charge in [-0.15, -0.1) is 0 Å². The van der Waals surface area contributed by atoms with Crippen molar-refractivity contribution in [1.29, 1.82) is 0 Å². The van der Waals surface area contributed by atoms with Gasteiger partial charge >= 0.3 is 5.97 Å². The van der Waals surface area contributed by atoms with Gasteiger partial charge in [0.1, 0.15) is 0 Å². The van der Waals surface area contributed by atoms with Gasteiger partial charge in [-0.05, 0) is 20.4 Å². The largest absolute Gasteiger partial charge is 0.469 e. The van der Waals surface area contributed by atoms with Crippen LogP contribution in [0.4, 0.5) is 0 Å². The number of hydrogen-bond acceptors (Lipinski definition) is 4. The molecule has 0 saturated carbocycles. The van der Waals surface area contributed by atoms with Gasteiger partial charge in [-0.1, -0.05) is 13.8 Å². The molecule has 0 N–H and O–H groups in total. The number of likely N-dealkylation sites (N-methyl/N-ethyl adjacent to an activating group) is 1. The minimum atomic E-state index is -0.157. The molecule has 96 valence electrons. The molecule has 0 aromatic heterocycles. The quantitative estimate of drug-likeness (QED) is 0.623. The second-order valence-electron chi connectivity index (χ2n) is 4.19. The van der Waals surface area contributed by atoms with Crippen molar-refractivity contribution in [3.63, 3.8) is 0 Å². The van der Waals surface area contributed by atoms with Crippen LogP contribution in [0.2, 0.25) is 0 Å². The Balaban J connectivity index is 4.50. The monoisotopic (exact) mass is 231 g/mol. The van der Waals surface area contributed by atoms with Crippen LogP contribution < -0.4 is 0 Å². The summed E-state index contributed by atoms with van der Waals surface area (Å²) in [4.78, 5) is 13.7. The van der Waals surface area contributed by atoms with Crippen molar-refractivity contribution < 1.29 is 14.3 Å². The van der Waals surface area contributed by atoms with E-state index < -0.39 is 0 Å². The Hall–Kier alpha value is -0.610. The van der Waals surface area contributed by atoms with Crippen LogP contribution in [-0.4, -0.2) is 50.3 Å². The minimum absolute atomic E-state index is 0.121. The van der Waals surface area contributed by atoms with E-state index in [1.54, 1.807) is 7.11 Å². The lowest BCUT2D eigenvalue weighted by Gasteiger charge is -2.35. The molecule has 0 aliphatic rings. The van der Waals surface area contributed by atoms with Gasteiger partial charge in [0.25, 0.3) is 0 Å². The molecule has 0 heterocycles. The Morgan fingerprint density at radius 2 is 1.81 bits per heavy atom. The van der Waals surface area contributed by atoms with Gasteiger partial charge in [0.15, 0.2) is 0 Å². The zero-order valence-corrected chi connectivity index (χ0v) is 11.3. The van der Waals surface area contributed by atoms with Gasteiger partial charge in [0.2, 0.25) is 0 Å². The number of carbonyl (C=O) groups is 1. The Morgan fingerprint density at radius 3 is 2.19 bits per heavy atom. The zero-order chi connectivity index (χ0) is 12.7. The predicted octanol–water partition coefficient (Wildman–Crippen LogP) is 1.54. The smallest absolute Gasteiger partial charge is 0.309 e. The zero-order valence-electron chi connectivity index (χ0n) is 11.3. The van der Waals surface area contributed by atoms with Crippen molar-refractivity contribution in [2.75, 3.05) is 27.4 Å². The fourth-order valence-electron chi connectivity index (χ4n) is 2.01. The molecular formula is C12H25NO3. The van der Waals surface area contributed by atoms with Crippen LogP contribution in [0, 0.1) is 5.92 Å². The van der Waals surface area contributed by atoms with E-state index >= 15 is 0 Å². The number of ether oxygens (including phenoxy) is 2. The minimum Gasteiger partial charge on any atom is -0.469 e. The normalized spacial score (nSPS) is 16.9. The predicted molar refractivity (Wildman–Crippen MR) is 64.4 cm³/mol. The molecule has 0 spiro atoms. The van der Waals surface area contributed by atoms with Crippen LogP contribution in [0.1, 0.15) is 27.7 Å². The molecule has 3 unspecified atom stereocenters. The number of rotatable bonds is 7. The number of carbonyl (C=O) groups excluding carboxylic acids is 1. The van der Waals surface area contributed by atoms with E-state index in [-0.39, 0.29) is 17.9 Å². The van der Waals surface area contributed by atoms with E-state index in [0.717, 1.165) is 6.54 Å². The topological polar surface area (TPSA) is 38.8 Å². The van der Waals surface area contributed by atoms with Crippen molar-refractivity contribution >= 4 is 5.97 Å². The van der Waals surface area contributed by atoms with E-state index in [9.17, 15) is 4.79 Å². The molecule has 0 aliphatic carbocycles. The van der Waals surface area contributed by atoms with Gasteiger partial charge in [-0.3, -0.25) is 9.69 Å². The van der Waals surface area contributed by atoms with Crippen molar-refractivity contribution in [2.24, 2.45) is 5.92 Å². The summed E-state index contributed by atoms with van der Waals surface area (Å²) in [5.74, 6) is -0.278. The summed E-state index contributed by atoms with van der Waals surface area (Å²) in [5.41, 5.74) is 0. The van der Waals surface area contributed by atoms with Gasteiger partial charge in [0, 0.05) is 19.2 Å². The third-order valence-corrected chi connectivity index (χ3v) is 3.16. The SMILES string of the molecule is CCN(C(C)COC)C(C)C(C)C(=O)OC. The molecule has 0 fully saturated rings. The first kappa shape index (κ1) is 15.4. The fraction of sp³-hybridized carbons (Fsp3) is 0.917. The number of nitrogens with zero attached hydrogens (tertiary/aromatic N) is 1. The van der Waals surface area contributed by atoms with Crippen LogP contribution in [0.25, 0.3) is 0 Å². The summed E-state index contributed by atoms with van der Waals surface area (Å²) in [6.07, 6.45) is 0. The standard InChI is InChI=1S/C12H25NO3/c1-7-13(9(2)8-15-5)11(4)10(3)12(14)16-6/h9-11H,7-8H2,1-6H3. The highest BCUT2D eigenvalue weighted by molar-refractivity contribution is 5.72. The third kappa shape index (κ3) is 4.10. The summed E-state index contributed by atoms with van der Waals surface area (Å²) in [7, 11) is 3.12. The van der Waals surface area contributed by atoms with E-state index in [1.807, 2.05) is 6.92 Å². The molecule has 3 atom stereocenters. The molecular weight excluding hydrogens is 206 g/mol. The molecule has 0 aliphatic heterocycles. The van der Waals surface area contributed by atoms with Crippen LogP contribution >= 0.6 is 0 Å². The molecule has 0 aromatic rings. The van der Waals surface area contributed by atoms with Crippen molar-refractivity contribution in [3.05, 3.63) is 0 Å². The van der Waals surface area contributed by atoms with Gasteiger partial charge < -0.3 is 9.47 Å². The molecule has 0 aromatic carbocycles. The molecule has 4 heteroatoms. The summed E-state index contributed by atoms with van der Waals surface area (Å²) >= 11 is 0. The van der Waals surface area contributed by atoms with Crippen molar-refractivity contribution in [2.45, 2.75) is 39.8 Å². The highest BCUT2D eigenvalue weighted by Crippen LogP contribution is 2.15. The highest BCUT2D eigenvalue weighted by atomic mass is 16.5. The Labute approximate surface area is 98.9 Å². The second kappa shape index (κ2) is 7.63. The van der Waals surface area contributed by atoms with Gasteiger partial charge in [0.05, 0.1) is 19.6 Å². The van der Waals surface area contributed by atoms with Crippen molar-refractivity contribution in [1.82, 2.24) is 4.90 Å². The lowest BCUT2D eigenvalue weighted by Crippen LogP contribution is -2.47. The average molecular weight is 231 g/mol. The van der Waals surface area contributed by atoms with Crippen LogP contribution in [0.3, 0.4) is 0 Å².